The number of sulfone groups is 1. The van der Waals surface area contributed by atoms with E-state index >= 15 is 0 Å². The van der Waals surface area contributed by atoms with Crippen LogP contribution in [-0.4, -0.2) is 73.6 Å². The number of nitriles is 1. The first kappa shape index (κ1) is 33.5. The van der Waals surface area contributed by atoms with E-state index in [2.05, 4.69) is 11.4 Å². The molecule has 1 aliphatic rings. The maximum absolute atomic E-state index is 14.2. The molecule has 3 aromatic rings. The number of ether oxygens (including phenoxy) is 2. The lowest BCUT2D eigenvalue weighted by Crippen LogP contribution is -2.61. The Morgan fingerprint density at radius 2 is 1.76 bits per heavy atom. The van der Waals surface area contributed by atoms with Gasteiger partial charge in [0.05, 0.1) is 23.6 Å². The lowest BCUT2D eigenvalue weighted by molar-refractivity contribution is -0.139. The van der Waals surface area contributed by atoms with Crippen LogP contribution in [0.1, 0.15) is 44.7 Å². The van der Waals surface area contributed by atoms with Gasteiger partial charge in [0.25, 0.3) is 0 Å². The van der Waals surface area contributed by atoms with Crippen molar-refractivity contribution in [2.45, 2.75) is 61.3 Å². The standard InChI is InChI=1S/C34H39N3O7S/c1-33(2,3)44-32(40)37-19-9-18-34(23-37,45(41,42)27-11-6-5-7-12-27)22-36-28(31(38)39)20-24-14-16-25(17-15-24)30-26(21-35)10-8-13-29(30)43-4/h5-8,10-17,28,36H,9,18-20,22-23H2,1-4H3,(H,38,39)/t28-,34?/m0/s1. The second-order valence-electron chi connectivity index (χ2n) is 12.2. The molecule has 3 aromatic carbocycles. The van der Waals surface area contributed by atoms with Crippen molar-refractivity contribution in [3.05, 3.63) is 83.9 Å². The molecule has 0 saturated carbocycles. The number of carboxylic acids is 1. The van der Waals surface area contributed by atoms with Gasteiger partial charge in [0.1, 0.15) is 22.1 Å². The smallest absolute Gasteiger partial charge is 0.410 e. The van der Waals surface area contributed by atoms with E-state index in [1.807, 2.05) is 0 Å². The third kappa shape index (κ3) is 7.64. The third-order valence-electron chi connectivity index (χ3n) is 7.83. The number of piperidine rings is 1. The van der Waals surface area contributed by atoms with Crippen LogP contribution in [0, 0.1) is 11.3 Å². The Hall–Kier alpha value is -4.40. The van der Waals surface area contributed by atoms with Crippen LogP contribution in [0.2, 0.25) is 0 Å². The first-order chi connectivity index (χ1) is 21.3. The predicted molar refractivity (Wildman–Crippen MR) is 170 cm³/mol. The molecule has 1 saturated heterocycles. The number of carbonyl (C=O) groups excluding carboxylic acids is 1. The summed E-state index contributed by atoms with van der Waals surface area (Å²) in [5.41, 5.74) is 1.77. The molecule has 11 heteroatoms. The van der Waals surface area contributed by atoms with Crippen molar-refractivity contribution in [2.75, 3.05) is 26.7 Å². The summed E-state index contributed by atoms with van der Waals surface area (Å²) in [7, 11) is -2.49. The van der Waals surface area contributed by atoms with Gasteiger partial charge in [-0.25, -0.2) is 13.2 Å². The molecule has 0 radical (unpaired) electrons. The summed E-state index contributed by atoms with van der Waals surface area (Å²) in [6.07, 6.45) is 0.0980. The van der Waals surface area contributed by atoms with Crippen LogP contribution >= 0.6 is 0 Å². The number of methoxy groups -OCH3 is 1. The lowest BCUT2D eigenvalue weighted by Gasteiger charge is -2.43. The SMILES string of the molecule is COc1cccc(C#N)c1-c1ccc(C[C@H](NCC2(S(=O)(=O)c3ccccc3)CCCN(C(=O)OC(C)(C)C)C2)C(=O)O)cc1. The largest absolute Gasteiger partial charge is 0.496 e. The summed E-state index contributed by atoms with van der Waals surface area (Å²) in [6.45, 7) is 5.22. The molecule has 0 aromatic heterocycles. The zero-order chi connectivity index (χ0) is 32.8. The van der Waals surface area contributed by atoms with Crippen molar-refractivity contribution in [2.24, 2.45) is 0 Å². The summed E-state index contributed by atoms with van der Waals surface area (Å²) >= 11 is 0. The fraction of sp³-hybridized carbons (Fsp3) is 0.382. The van der Waals surface area contributed by atoms with E-state index in [-0.39, 0.29) is 30.8 Å². The van der Waals surface area contributed by atoms with Gasteiger partial charge in [-0.2, -0.15) is 5.26 Å². The molecule has 1 amide bonds. The molecule has 1 fully saturated rings. The number of benzene rings is 3. The maximum atomic E-state index is 14.2. The molecule has 0 aliphatic carbocycles. The van der Waals surface area contributed by atoms with Gasteiger partial charge in [0, 0.05) is 25.2 Å². The van der Waals surface area contributed by atoms with Crippen LogP contribution in [0.4, 0.5) is 4.79 Å². The highest BCUT2D eigenvalue weighted by Crippen LogP contribution is 2.36. The monoisotopic (exact) mass is 633 g/mol. The molecule has 45 heavy (non-hydrogen) atoms. The van der Waals surface area contributed by atoms with Crippen molar-refractivity contribution in [1.82, 2.24) is 10.2 Å². The molecule has 1 unspecified atom stereocenters. The van der Waals surface area contributed by atoms with E-state index in [1.54, 1.807) is 81.4 Å². The van der Waals surface area contributed by atoms with Gasteiger partial charge in [0.2, 0.25) is 0 Å². The Morgan fingerprint density at radius 3 is 2.36 bits per heavy atom. The number of rotatable bonds is 10. The van der Waals surface area contributed by atoms with Gasteiger partial charge in [-0.3, -0.25) is 4.79 Å². The van der Waals surface area contributed by atoms with Crippen LogP contribution in [-0.2, 0) is 25.8 Å². The third-order valence-corrected chi connectivity index (χ3v) is 10.3. The first-order valence-electron chi connectivity index (χ1n) is 14.7. The molecule has 238 valence electrons. The van der Waals surface area contributed by atoms with Crippen LogP contribution in [0.15, 0.2) is 77.7 Å². The maximum Gasteiger partial charge on any atom is 0.410 e. The Labute approximate surface area is 264 Å². The predicted octanol–water partition coefficient (Wildman–Crippen LogP) is 5.06. The van der Waals surface area contributed by atoms with E-state index in [4.69, 9.17) is 9.47 Å². The van der Waals surface area contributed by atoms with Crippen LogP contribution < -0.4 is 10.1 Å². The fourth-order valence-electron chi connectivity index (χ4n) is 5.58. The van der Waals surface area contributed by atoms with Crippen LogP contribution in [0.5, 0.6) is 5.75 Å². The van der Waals surface area contributed by atoms with Crippen molar-refractivity contribution >= 4 is 21.9 Å². The highest BCUT2D eigenvalue weighted by Gasteiger charge is 2.49. The summed E-state index contributed by atoms with van der Waals surface area (Å²) in [5.74, 6) is -0.590. The lowest BCUT2D eigenvalue weighted by atomic mass is 9.95. The second kappa shape index (κ2) is 13.7. The molecular weight excluding hydrogens is 594 g/mol. The molecule has 2 N–H and O–H groups in total. The molecule has 10 nitrogen and oxygen atoms in total. The number of carboxylic acid groups (broad SMARTS) is 1. The molecule has 4 rings (SSSR count). The molecule has 1 aliphatic heterocycles. The summed E-state index contributed by atoms with van der Waals surface area (Å²) in [6, 6.07) is 21.4. The molecule has 1 heterocycles. The number of nitrogens with one attached hydrogen (secondary N) is 1. The van der Waals surface area contributed by atoms with E-state index in [1.165, 1.54) is 24.1 Å². The van der Waals surface area contributed by atoms with Crippen molar-refractivity contribution in [3.63, 3.8) is 0 Å². The van der Waals surface area contributed by atoms with Crippen molar-refractivity contribution < 1.29 is 32.6 Å². The minimum atomic E-state index is -4.02. The van der Waals surface area contributed by atoms with Crippen LogP contribution in [0.3, 0.4) is 0 Å². The highest BCUT2D eigenvalue weighted by atomic mass is 32.2. The summed E-state index contributed by atoms with van der Waals surface area (Å²) in [4.78, 5) is 27.0. The minimum Gasteiger partial charge on any atom is -0.496 e. The summed E-state index contributed by atoms with van der Waals surface area (Å²) < 4.78 is 37.9. The van der Waals surface area contributed by atoms with Gasteiger partial charge >= 0.3 is 12.1 Å². The molecule has 0 bridgehead atoms. The average Bonchev–Trinajstić information content (AvgIpc) is 3.02. The number of carbonyl (C=O) groups is 2. The van der Waals surface area contributed by atoms with E-state index in [0.29, 0.717) is 35.4 Å². The Morgan fingerprint density at radius 1 is 1.07 bits per heavy atom. The number of aliphatic carboxylic acids is 1. The van der Waals surface area contributed by atoms with E-state index < -0.39 is 38.3 Å². The minimum absolute atomic E-state index is 0.0733. The molecular formula is C34H39N3O7S. The number of hydrogen-bond donors (Lipinski definition) is 2. The zero-order valence-electron chi connectivity index (χ0n) is 25.9. The number of hydrogen-bond acceptors (Lipinski definition) is 8. The number of amides is 1. The fourth-order valence-corrected chi connectivity index (χ4v) is 7.61. The topological polar surface area (TPSA) is 146 Å². The zero-order valence-corrected chi connectivity index (χ0v) is 26.8. The second-order valence-corrected chi connectivity index (χ2v) is 14.5. The summed E-state index contributed by atoms with van der Waals surface area (Å²) in [5, 5.41) is 22.8. The Kier molecular flexibility index (Phi) is 10.2. The van der Waals surface area contributed by atoms with Crippen molar-refractivity contribution in [1.29, 1.82) is 5.26 Å². The molecule has 0 spiro atoms. The van der Waals surface area contributed by atoms with E-state index in [0.717, 1.165) is 5.56 Å². The Bertz CT molecular complexity index is 1660. The van der Waals surface area contributed by atoms with Crippen LogP contribution in [0.25, 0.3) is 11.1 Å². The highest BCUT2D eigenvalue weighted by molar-refractivity contribution is 7.93. The van der Waals surface area contributed by atoms with Gasteiger partial charge < -0.3 is 24.8 Å². The van der Waals surface area contributed by atoms with Gasteiger partial charge in [-0.15, -0.1) is 0 Å². The normalized spacial score (nSPS) is 17.6. The van der Waals surface area contributed by atoms with Gasteiger partial charge in [-0.1, -0.05) is 48.5 Å². The van der Waals surface area contributed by atoms with Crippen molar-refractivity contribution in [3.8, 4) is 22.9 Å². The molecule has 2 atom stereocenters. The average molecular weight is 634 g/mol. The van der Waals surface area contributed by atoms with Gasteiger partial charge in [-0.05, 0) is 75.4 Å². The number of nitrogens with zero attached hydrogens (tertiary/aromatic N) is 2. The Balaban J connectivity index is 1.60. The quantitative estimate of drug-likeness (QED) is 0.313. The first-order valence-corrected chi connectivity index (χ1v) is 16.2. The number of likely N-dealkylation sites (tertiary alicyclic amines) is 1. The van der Waals surface area contributed by atoms with E-state index in [9.17, 15) is 28.4 Å². The van der Waals surface area contributed by atoms with Gasteiger partial charge in [0.15, 0.2) is 9.84 Å².